The van der Waals surface area contributed by atoms with Crippen LogP contribution in [0, 0.1) is 0 Å². The Balaban J connectivity index is 1.65. The van der Waals surface area contributed by atoms with Crippen LogP contribution in [-0.4, -0.2) is 35.1 Å². The number of thiazole rings is 1. The molecule has 3 nitrogen and oxygen atoms in total. The predicted molar refractivity (Wildman–Crippen MR) is 85.3 cm³/mol. The van der Waals surface area contributed by atoms with Crippen molar-refractivity contribution >= 4 is 11.3 Å². The number of hydrogen-bond donors (Lipinski definition) is 1. The van der Waals surface area contributed by atoms with Gasteiger partial charge in [-0.25, -0.2) is 4.98 Å². The summed E-state index contributed by atoms with van der Waals surface area (Å²) < 4.78 is 0. The van der Waals surface area contributed by atoms with Crippen LogP contribution in [0.15, 0.2) is 5.38 Å². The van der Waals surface area contributed by atoms with Crippen molar-refractivity contribution in [2.75, 3.05) is 13.1 Å². The number of nitrogens with one attached hydrogen (secondary N) is 1. The third kappa shape index (κ3) is 3.07. The van der Waals surface area contributed by atoms with Gasteiger partial charge in [-0.05, 0) is 38.8 Å². The van der Waals surface area contributed by atoms with Gasteiger partial charge in [0.15, 0.2) is 0 Å². The van der Waals surface area contributed by atoms with Crippen molar-refractivity contribution in [3.8, 4) is 0 Å². The largest absolute Gasteiger partial charge is 0.312 e. The lowest BCUT2D eigenvalue weighted by Gasteiger charge is -2.28. The van der Waals surface area contributed by atoms with Crippen molar-refractivity contribution in [1.82, 2.24) is 15.2 Å². The quantitative estimate of drug-likeness (QED) is 0.928. The fourth-order valence-corrected chi connectivity index (χ4v) is 4.49. The molecule has 112 valence electrons. The average molecular weight is 293 g/mol. The van der Waals surface area contributed by atoms with Gasteiger partial charge in [0.05, 0.1) is 12.2 Å². The second-order valence-electron chi connectivity index (χ2n) is 7.26. The minimum Gasteiger partial charge on any atom is -0.312 e. The summed E-state index contributed by atoms with van der Waals surface area (Å²) in [6.07, 6.45) is 5.40. The Morgan fingerprint density at radius 2 is 2.20 bits per heavy atom. The van der Waals surface area contributed by atoms with Crippen LogP contribution in [0.2, 0.25) is 0 Å². The van der Waals surface area contributed by atoms with Crippen LogP contribution in [0.3, 0.4) is 0 Å². The third-order valence-electron chi connectivity index (χ3n) is 4.64. The van der Waals surface area contributed by atoms with E-state index in [4.69, 9.17) is 4.98 Å². The van der Waals surface area contributed by atoms with Gasteiger partial charge in [-0.3, -0.25) is 4.90 Å². The molecule has 0 saturated carbocycles. The normalized spacial score (nSPS) is 28.4. The van der Waals surface area contributed by atoms with E-state index in [-0.39, 0.29) is 5.41 Å². The van der Waals surface area contributed by atoms with Gasteiger partial charge in [0.2, 0.25) is 0 Å². The summed E-state index contributed by atoms with van der Waals surface area (Å²) in [6.45, 7) is 10.2. The Hall–Kier alpha value is -0.450. The zero-order valence-corrected chi connectivity index (χ0v) is 13.8. The first kappa shape index (κ1) is 14.5. The topological polar surface area (TPSA) is 28.2 Å². The number of aromatic nitrogens is 1. The van der Waals surface area contributed by atoms with E-state index in [0.29, 0.717) is 0 Å². The lowest BCUT2D eigenvalue weighted by Crippen LogP contribution is -2.43. The molecule has 0 bridgehead atoms. The molecular weight excluding hydrogens is 266 g/mol. The summed E-state index contributed by atoms with van der Waals surface area (Å²) in [5, 5.41) is 7.22. The van der Waals surface area contributed by atoms with E-state index in [1.807, 2.05) is 11.3 Å². The molecule has 2 saturated heterocycles. The Kier molecular flexibility index (Phi) is 4.16. The second kappa shape index (κ2) is 5.74. The van der Waals surface area contributed by atoms with E-state index in [1.54, 1.807) is 0 Å². The van der Waals surface area contributed by atoms with E-state index < -0.39 is 0 Å². The number of nitrogens with zero attached hydrogens (tertiary/aromatic N) is 2. The standard InChI is InChI=1S/C16H27N3S/c1-16(2,3)14-11-20-15(18-14)10-19-9-5-7-13(19)12-6-4-8-17-12/h11-13,17H,4-10H2,1-3H3. The van der Waals surface area contributed by atoms with E-state index in [2.05, 4.69) is 36.4 Å². The van der Waals surface area contributed by atoms with Crippen molar-refractivity contribution in [2.45, 2.75) is 70.5 Å². The van der Waals surface area contributed by atoms with Gasteiger partial charge in [0, 0.05) is 22.9 Å². The Morgan fingerprint density at radius 3 is 2.85 bits per heavy atom. The molecule has 0 radical (unpaired) electrons. The molecule has 0 amide bonds. The fourth-order valence-electron chi connectivity index (χ4n) is 3.45. The van der Waals surface area contributed by atoms with Gasteiger partial charge in [-0.2, -0.15) is 0 Å². The maximum atomic E-state index is 4.86. The monoisotopic (exact) mass is 293 g/mol. The number of rotatable bonds is 3. The lowest BCUT2D eigenvalue weighted by molar-refractivity contribution is 0.206. The molecule has 20 heavy (non-hydrogen) atoms. The Morgan fingerprint density at radius 1 is 1.35 bits per heavy atom. The molecule has 3 heterocycles. The first-order chi connectivity index (χ1) is 9.54. The zero-order chi connectivity index (χ0) is 14.2. The summed E-state index contributed by atoms with van der Waals surface area (Å²) in [5.41, 5.74) is 1.42. The molecular formula is C16H27N3S. The van der Waals surface area contributed by atoms with Crippen molar-refractivity contribution in [3.05, 3.63) is 16.1 Å². The number of likely N-dealkylation sites (tertiary alicyclic amines) is 1. The summed E-state index contributed by atoms with van der Waals surface area (Å²) >= 11 is 1.83. The highest BCUT2D eigenvalue weighted by Crippen LogP contribution is 2.29. The van der Waals surface area contributed by atoms with Gasteiger partial charge in [0.1, 0.15) is 5.01 Å². The summed E-state index contributed by atoms with van der Waals surface area (Å²) in [6, 6.07) is 1.46. The fraction of sp³-hybridized carbons (Fsp3) is 0.812. The zero-order valence-electron chi connectivity index (χ0n) is 13.0. The first-order valence-electron chi connectivity index (χ1n) is 7.96. The molecule has 0 spiro atoms. The Labute approximate surface area is 126 Å². The number of hydrogen-bond acceptors (Lipinski definition) is 4. The van der Waals surface area contributed by atoms with Gasteiger partial charge >= 0.3 is 0 Å². The second-order valence-corrected chi connectivity index (χ2v) is 8.20. The SMILES string of the molecule is CC(C)(C)c1csc(CN2CCCC2C2CCCN2)n1. The van der Waals surface area contributed by atoms with E-state index in [0.717, 1.165) is 18.6 Å². The third-order valence-corrected chi connectivity index (χ3v) is 5.47. The van der Waals surface area contributed by atoms with Crippen LogP contribution in [0.4, 0.5) is 0 Å². The lowest BCUT2D eigenvalue weighted by atomic mass is 9.93. The van der Waals surface area contributed by atoms with E-state index in [1.165, 1.54) is 49.5 Å². The van der Waals surface area contributed by atoms with Gasteiger partial charge in [0.25, 0.3) is 0 Å². The smallest absolute Gasteiger partial charge is 0.107 e. The van der Waals surface area contributed by atoms with Crippen molar-refractivity contribution in [2.24, 2.45) is 0 Å². The van der Waals surface area contributed by atoms with E-state index in [9.17, 15) is 0 Å². The molecule has 2 aliphatic rings. The van der Waals surface area contributed by atoms with Crippen molar-refractivity contribution in [3.63, 3.8) is 0 Å². The molecule has 1 aromatic heterocycles. The molecule has 2 unspecified atom stereocenters. The van der Waals surface area contributed by atoms with Crippen molar-refractivity contribution < 1.29 is 0 Å². The highest BCUT2D eigenvalue weighted by molar-refractivity contribution is 7.09. The Bertz CT molecular complexity index is 443. The maximum absolute atomic E-state index is 4.86. The van der Waals surface area contributed by atoms with Gasteiger partial charge in [-0.1, -0.05) is 20.8 Å². The van der Waals surface area contributed by atoms with Crippen LogP contribution >= 0.6 is 11.3 Å². The van der Waals surface area contributed by atoms with E-state index >= 15 is 0 Å². The summed E-state index contributed by atoms with van der Waals surface area (Å²) in [7, 11) is 0. The highest BCUT2D eigenvalue weighted by atomic mass is 32.1. The van der Waals surface area contributed by atoms with Crippen LogP contribution in [0.5, 0.6) is 0 Å². The molecule has 0 aromatic carbocycles. The molecule has 0 aliphatic carbocycles. The molecule has 2 fully saturated rings. The van der Waals surface area contributed by atoms with Gasteiger partial charge in [-0.15, -0.1) is 11.3 Å². The minimum atomic E-state index is 0.173. The van der Waals surface area contributed by atoms with Crippen LogP contribution < -0.4 is 5.32 Å². The molecule has 2 aliphatic heterocycles. The summed E-state index contributed by atoms with van der Waals surface area (Å²) in [4.78, 5) is 7.52. The summed E-state index contributed by atoms with van der Waals surface area (Å²) in [5.74, 6) is 0. The van der Waals surface area contributed by atoms with Crippen LogP contribution in [0.1, 0.15) is 57.2 Å². The van der Waals surface area contributed by atoms with Crippen LogP contribution in [0.25, 0.3) is 0 Å². The average Bonchev–Trinajstić information content (AvgIpc) is 3.08. The molecule has 1 N–H and O–H groups in total. The molecule has 4 heteroatoms. The first-order valence-corrected chi connectivity index (χ1v) is 8.84. The van der Waals surface area contributed by atoms with Crippen LogP contribution in [-0.2, 0) is 12.0 Å². The molecule has 3 rings (SSSR count). The maximum Gasteiger partial charge on any atom is 0.107 e. The van der Waals surface area contributed by atoms with Crippen molar-refractivity contribution in [1.29, 1.82) is 0 Å². The predicted octanol–water partition coefficient (Wildman–Crippen LogP) is 3.16. The molecule has 2 atom stereocenters. The minimum absolute atomic E-state index is 0.173. The molecule has 1 aromatic rings. The highest BCUT2D eigenvalue weighted by Gasteiger charge is 2.33. The van der Waals surface area contributed by atoms with Gasteiger partial charge < -0.3 is 5.32 Å².